The summed E-state index contributed by atoms with van der Waals surface area (Å²) in [6.45, 7) is 0.893. The lowest BCUT2D eigenvalue weighted by molar-refractivity contribution is 0.0733. The molecule has 4 rings (SSSR count). The topological polar surface area (TPSA) is 82.1 Å². The van der Waals surface area contributed by atoms with Gasteiger partial charge in [0.15, 0.2) is 11.5 Å². The van der Waals surface area contributed by atoms with Crippen LogP contribution in [0, 0.1) is 0 Å². The first kappa shape index (κ1) is 19.8. The second-order valence-corrected chi connectivity index (χ2v) is 8.50. The highest BCUT2D eigenvalue weighted by atomic mass is 32.2. The number of anilines is 1. The van der Waals surface area contributed by atoms with Gasteiger partial charge >= 0.3 is 5.97 Å². The first-order chi connectivity index (χ1) is 14.4. The molecule has 0 bridgehead atoms. The number of nitrogens with zero attached hydrogens (tertiary/aromatic N) is 1. The molecule has 7 nitrogen and oxygen atoms in total. The van der Waals surface area contributed by atoms with Crippen molar-refractivity contribution < 1.29 is 27.4 Å². The average Bonchev–Trinajstić information content (AvgIpc) is 2.79. The molecule has 0 N–H and O–H groups in total. The van der Waals surface area contributed by atoms with Crippen molar-refractivity contribution in [3.05, 3.63) is 78.4 Å². The van der Waals surface area contributed by atoms with E-state index in [1.54, 1.807) is 60.7 Å². The summed E-state index contributed by atoms with van der Waals surface area (Å²) >= 11 is 0. The summed E-state index contributed by atoms with van der Waals surface area (Å²) in [5.74, 6) is 0.831. The molecule has 1 aliphatic rings. The lowest BCUT2D eigenvalue weighted by Gasteiger charge is -2.20. The first-order valence-electron chi connectivity index (χ1n) is 9.21. The van der Waals surface area contributed by atoms with Crippen molar-refractivity contribution in [2.24, 2.45) is 0 Å². The van der Waals surface area contributed by atoms with Crippen LogP contribution in [-0.2, 0) is 10.0 Å². The van der Waals surface area contributed by atoms with Crippen molar-refractivity contribution in [1.29, 1.82) is 0 Å². The maximum atomic E-state index is 12.7. The van der Waals surface area contributed by atoms with Crippen LogP contribution >= 0.6 is 0 Å². The van der Waals surface area contributed by atoms with E-state index in [0.29, 0.717) is 41.7 Å². The number of esters is 1. The van der Waals surface area contributed by atoms with Gasteiger partial charge in [0.05, 0.1) is 16.1 Å². The number of hydrogen-bond donors (Lipinski definition) is 0. The monoisotopic (exact) mass is 425 g/mol. The van der Waals surface area contributed by atoms with Crippen molar-refractivity contribution >= 4 is 21.7 Å². The van der Waals surface area contributed by atoms with E-state index in [-0.39, 0.29) is 4.90 Å². The Hall–Kier alpha value is -3.52. The Morgan fingerprint density at radius 2 is 1.57 bits per heavy atom. The van der Waals surface area contributed by atoms with Gasteiger partial charge in [0, 0.05) is 7.05 Å². The Kier molecular flexibility index (Phi) is 5.33. The molecular formula is C22H19NO6S. The van der Waals surface area contributed by atoms with Crippen LogP contribution in [0.3, 0.4) is 0 Å². The van der Waals surface area contributed by atoms with E-state index in [1.165, 1.54) is 23.5 Å². The Balaban J connectivity index is 1.48. The number of benzene rings is 3. The third-order valence-electron chi connectivity index (χ3n) is 4.59. The van der Waals surface area contributed by atoms with E-state index in [1.807, 2.05) is 0 Å². The third-order valence-corrected chi connectivity index (χ3v) is 6.39. The minimum absolute atomic E-state index is 0.196. The number of rotatable bonds is 5. The number of hydrogen-bond acceptors (Lipinski definition) is 6. The van der Waals surface area contributed by atoms with Crippen molar-refractivity contribution in [3.8, 4) is 17.2 Å². The normalized spacial score (nSPS) is 12.8. The molecule has 30 heavy (non-hydrogen) atoms. The molecule has 3 aromatic carbocycles. The largest absolute Gasteiger partial charge is 0.486 e. The van der Waals surface area contributed by atoms with Crippen molar-refractivity contribution in [2.75, 3.05) is 24.6 Å². The molecule has 0 saturated carbocycles. The minimum Gasteiger partial charge on any atom is -0.486 e. The second-order valence-electron chi connectivity index (χ2n) is 6.53. The molecule has 0 fully saturated rings. The fourth-order valence-corrected chi connectivity index (χ4v) is 4.17. The molecule has 8 heteroatoms. The average molecular weight is 425 g/mol. The molecular weight excluding hydrogens is 406 g/mol. The number of carbonyl (C=O) groups excluding carboxylic acids is 1. The Morgan fingerprint density at radius 1 is 0.900 bits per heavy atom. The summed E-state index contributed by atoms with van der Waals surface area (Å²) in [7, 11) is -2.21. The summed E-state index contributed by atoms with van der Waals surface area (Å²) in [6.07, 6.45) is 0. The molecule has 0 amide bonds. The predicted molar refractivity (Wildman–Crippen MR) is 111 cm³/mol. The van der Waals surface area contributed by atoms with E-state index < -0.39 is 16.0 Å². The Bertz CT molecular complexity index is 1160. The van der Waals surface area contributed by atoms with Gasteiger partial charge in [0.2, 0.25) is 0 Å². The van der Waals surface area contributed by atoms with Crippen LogP contribution in [0.2, 0.25) is 0 Å². The van der Waals surface area contributed by atoms with Crippen LogP contribution in [0.1, 0.15) is 10.4 Å². The van der Waals surface area contributed by atoms with Gasteiger partial charge in [-0.05, 0) is 54.6 Å². The van der Waals surface area contributed by atoms with Crippen molar-refractivity contribution in [2.45, 2.75) is 4.90 Å². The molecule has 0 aromatic heterocycles. The highest BCUT2D eigenvalue weighted by molar-refractivity contribution is 7.92. The van der Waals surface area contributed by atoms with Crippen LogP contribution in [0.5, 0.6) is 17.2 Å². The zero-order valence-electron chi connectivity index (χ0n) is 16.1. The summed E-state index contributed by atoms with van der Waals surface area (Å²) in [5.41, 5.74) is 0.769. The second kappa shape index (κ2) is 8.08. The zero-order valence-corrected chi connectivity index (χ0v) is 17.0. The molecule has 0 atom stereocenters. The number of carbonyl (C=O) groups is 1. The zero-order chi connectivity index (χ0) is 21.1. The van der Waals surface area contributed by atoms with Crippen molar-refractivity contribution in [3.63, 3.8) is 0 Å². The molecule has 0 radical (unpaired) electrons. The molecule has 1 heterocycles. The molecule has 0 unspecified atom stereocenters. The standard InChI is InChI=1S/C22H19NO6S/c1-23(30(25,26)19-5-3-2-4-6-19)17-8-10-18(11-9-17)29-22(24)16-7-12-20-21(15-16)28-14-13-27-20/h2-12,15H,13-14H2,1H3. The molecule has 0 spiro atoms. The van der Waals surface area contributed by atoms with Gasteiger partial charge < -0.3 is 14.2 Å². The Morgan fingerprint density at radius 3 is 2.27 bits per heavy atom. The van der Waals surface area contributed by atoms with Crippen LogP contribution in [-0.4, -0.2) is 34.6 Å². The van der Waals surface area contributed by atoms with Gasteiger partial charge in [-0.25, -0.2) is 13.2 Å². The van der Waals surface area contributed by atoms with E-state index in [2.05, 4.69) is 0 Å². The summed E-state index contributed by atoms with van der Waals surface area (Å²) in [4.78, 5) is 12.6. The molecule has 1 aliphatic heterocycles. The van der Waals surface area contributed by atoms with Crippen LogP contribution in [0.15, 0.2) is 77.7 Å². The maximum Gasteiger partial charge on any atom is 0.343 e. The predicted octanol–water partition coefficient (Wildman–Crippen LogP) is 3.50. The minimum atomic E-state index is -3.68. The quantitative estimate of drug-likeness (QED) is 0.460. The van der Waals surface area contributed by atoms with Gasteiger partial charge in [-0.1, -0.05) is 18.2 Å². The first-order valence-corrected chi connectivity index (χ1v) is 10.6. The van der Waals surface area contributed by atoms with Crippen molar-refractivity contribution in [1.82, 2.24) is 0 Å². The van der Waals surface area contributed by atoms with Gasteiger partial charge in [-0.3, -0.25) is 4.31 Å². The molecule has 0 saturated heterocycles. The van der Waals surface area contributed by atoms with E-state index in [9.17, 15) is 13.2 Å². The fourth-order valence-electron chi connectivity index (χ4n) is 2.95. The molecule has 3 aromatic rings. The van der Waals surface area contributed by atoms with E-state index in [4.69, 9.17) is 14.2 Å². The lowest BCUT2D eigenvalue weighted by Crippen LogP contribution is -2.26. The highest BCUT2D eigenvalue weighted by Crippen LogP contribution is 2.31. The maximum absolute atomic E-state index is 12.7. The number of fused-ring (bicyclic) bond motifs is 1. The summed E-state index contributed by atoms with van der Waals surface area (Å²) < 4.78 is 42.9. The van der Waals surface area contributed by atoms with Crippen LogP contribution < -0.4 is 18.5 Å². The third kappa shape index (κ3) is 3.95. The smallest absolute Gasteiger partial charge is 0.343 e. The van der Waals surface area contributed by atoms with Crippen LogP contribution in [0.25, 0.3) is 0 Å². The molecule has 0 aliphatic carbocycles. The van der Waals surface area contributed by atoms with E-state index in [0.717, 1.165) is 0 Å². The highest BCUT2D eigenvalue weighted by Gasteiger charge is 2.21. The van der Waals surface area contributed by atoms with Gasteiger partial charge in [0.1, 0.15) is 19.0 Å². The number of sulfonamides is 1. The summed E-state index contributed by atoms with van der Waals surface area (Å²) in [5, 5.41) is 0. The van der Waals surface area contributed by atoms with Gasteiger partial charge in [-0.15, -0.1) is 0 Å². The fraction of sp³-hybridized carbons (Fsp3) is 0.136. The SMILES string of the molecule is CN(c1ccc(OC(=O)c2ccc3c(c2)OCCO3)cc1)S(=O)(=O)c1ccccc1. The van der Waals surface area contributed by atoms with Gasteiger partial charge in [-0.2, -0.15) is 0 Å². The summed E-state index contributed by atoms with van der Waals surface area (Å²) in [6, 6.07) is 19.2. The molecule has 154 valence electrons. The number of ether oxygens (including phenoxy) is 3. The van der Waals surface area contributed by atoms with Gasteiger partial charge in [0.25, 0.3) is 10.0 Å². The lowest BCUT2D eigenvalue weighted by atomic mass is 10.2. The van der Waals surface area contributed by atoms with E-state index >= 15 is 0 Å². The Labute approximate surface area is 174 Å². The van der Waals surface area contributed by atoms with Crippen LogP contribution in [0.4, 0.5) is 5.69 Å².